The van der Waals surface area contributed by atoms with Gasteiger partial charge in [-0.1, -0.05) is 6.07 Å². The second kappa shape index (κ2) is 4.38. The van der Waals surface area contributed by atoms with Gasteiger partial charge < -0.3 is 5.73 Å². The quantitative estimate of drug-likeness (QED) is 0.814. The molecule has 0 unspecified atom stereocenters. The molecule has 0 saturated heterocycles. The molecule has 2 aromatic rings. The van der Waals surface area contributed by atoms with E-state index >= 15 is 0 Å². The van der Waals surface area contributed by atoms with Crippen molar-refractivity contribution >= 4 is 5.69 Å². The van der Waals surface area contributed by atoms with Gasteiger partial charge in [0.15, 0.2) is 0 Å². The zero-order valence-electron chi connectivity index (χ0n) is 10.4. The third-order valence-corrected chi connectivity index (χ3v) is 3.24. The highest BCUT2D eigenvalue weighted by atomic mass is 15.1. The van der Waals surface area contributed by atoms with E-state index < -0.39 is 0 Å². The largest absolute Gasteiger partial charge is 0.399 e. The van der Waals surface area contributed by atoms with Crippen LogP contribution in [0.5, 0.6) is 0 Å². The van der Waals surface area contributed by atoms with E-state index in [1.54, 1.807) is 0 Å². The van der Waals surface area contributed by atoms with Crippen LogP contribution in [0.2, 0.25) is 0 Å². The van der Waals surface area contributed by atoms with Crippen LogP contribution in [0.25, 0.3) is 0 Å². The SMILES string of the molecule is Cc1cnc(CN2Cc3ccc(N)cc3C2)cn1. The number of nitrogens with zero attached hydrogens (tertiary/aromatic N) is 3. The van der Waals surface area contributed by atoms with Gasteiger partial charge in [0.2, 0.25) is 0 Å². The maximum absolute atomic E-state index is 5.80. The number of aromatic nitrogens is 2. The number of rotatable bonds is 2. The van der Waals surface area contributed by atoms with Crippen LogP contribution in [-0.2, 0) is 19.6 Å². The lowest BCUT2D eigenvalue weighted by atomic mass is 10.1. The summed E-state index contributed by atoms with van der Waals surface area (Å²) in [6.45, 7) is 4.69. The fraction of sp³-hybridized carbons (Fsp3) is 0.286. The van der Waals surface area contributed by atoms with Crippen LogP contribution in [0.15, 0.2) is 30.6 Å². The van der Waals surface area contributed by atoms with E-state index in [4.69, 9.17) is 5.73 Å². The lowest BCUT2D eigenvalue weighted by Gasteiger charge is -2.13. The van der Waals surface area contributed by atoms with E-state index in [-0.39, 0.29) is 0 Å². The number of benzene rings is 1. The Morgan fingerprint density at radius 3 is 2.78 bits per heavy atom. The minimum atomic E-state index is 0.835. The zero-order chi connectivity index (χ0) is 12.5. The van der Waals surface area contributed by atoms with E-state index in [0.717, 1.165) is 36.7 Å². The number of hydrogen-bond acceptors (Lipinski definition) is 4. The molecule has 0 spiro atoms. The predicted octanol–water partition coefficient (Wildman–Crippen LogP) is 1.88. The summed E-state index contributed by atoms with van der Waals surface area (Å²) < 4.78 is 0. The molecule has 1 aromatic carbocycles. The molecule has 4 nitrogen and oxygen atoms in total. The Balaban J connectivity index is 1.72. The van der Waals surface area contributed by atoms with Crippen molar-refractivity contribution in [2.24, 2.45) is 0 Å². The fourth-order valence-electron chi connectivity index (χ4n) is 2.33. The van der Waals surface area contributed by atoms with Crippen LogP contribution in [0, 0.1) is 6.92 Å². The van der Waals surface area contributed by atoms with Crippen molar-refractivity contribution in [3.63, 3.8) is 0 Å². The molecule has 18 heavy (non-hydrogen) atoms. The molecule has 1 aromatic heterocycles. The third-order valence-electron chi connectivity index (χ3n) is 3.24. The summed E-state index contributed by atoms with van der Waals surface area (Å²) in [5.41, 5.74) is 11.3. The van der Waals surface area contributed by atoms with Gasteiger partial charge in [-0.2, -0.15) is 0 Å². The number of nitrogens with two attached hydrogens (primary N) is 1. The van der Waals surface area contributed by atoms with Gasteiger partial charge in [-0.05, 0) is 30.2 Å². The number of nitrogen functional groups attached to an aromatic ring is 1. The van der Waals surface area contributed by atoms with Crippen LogP contribution in [0.1, 0.15) is 22.5 Å². The van der Waals surface area contributed by atoms with Gasteiger partial charge in [0.05, 0.1) is 11.4 Å². The van der Waals surface area contributed by atoms with Crippen molar-refractivity contribution in [1.29, 1.82) is 0 Å². The van der Waals surface area contributed by atoms with E-state index in [1.165, 1.54) is 11.1 Å². The maximum atomic E-state index is 5.80. The minimum absolute atomic E-state index is 0.835. The Bertz CT molecular complexity index is 563. The van der Waals surface area contributed by atoms with Crippen molar-refractivity contribution in [1.82, 2.24) is 14.9 Å². The summed E-state index contributed by atoms with van der Waals surface area (Å²) in [6, 6.07) is 6.15. The number of fused-ring (bicyclic) bond motifs is 1. The zero-order valence-corrected chi connectivity index (χ0v) is 10.4. The topological polar surface area (TPSA) is 55.0 Å². The summed E-state index contributed by atoms with van der Waals surface area (Å²) in [4.78, 5) is 11.0. The molecule has 92 valence electrons. The van der Waals surface area contributed by atoms with E-state index in [9.17, 15) is 0 Å². The predicted molar refractivity (Wildman–Crippen MR) is 70.6 cm³/mol. The van der Waals surface area contributed by atoms with Crippen molar-refractivity contribution < 1.29 is 0 Å². The highest BCUT2D eigenvalue weighted by molar-refractivity contribution is 5.46. The summed E-state index contributed by atoms with van der Waals surface area (Å²) in [6.07, 6.45) is 3.67. The van der Waals surface area contributed by atoms with Crippen LogP contribution < -0.4 is 5.73 Å². The van der Waals surface area contributed by atoms with Crippen LogP contribution in [0.4, 0.5) is 5.69 Å². The standard InChI is InChI=1S/C14H16N4/c1-10-5-17-14(6-16-10)9-18-7-11-2-3-13(15)4-12(11)8-18/h2-6H,7-9,15H2,1H3. The molecule has 3 rings (SSSR count). The van der Waals surface area contributed by atoms with Crippen molar-refractivity contribution in [3.05, 3.63) is 53.1 Å². The molecule has 0 bridgehead atoms. The Hall–Kier alpha value is -1.94. The van der Waals surface area contributed by atoms with Crippen molar-refractivity contribution in [2.45, 2.75) is 26.6 Å². The second-order valence-electron chi connectivity index (χ2n) is 4.82. The first-order valence-electron chi connectivity index (χ1n) is 6.08. The van der Waals surface area contributed by atoms with Gasteiger partial charge in [-0.25, -0.2) is 0 Å². The average Bonchev–Trinajstić information content (AvgIpc) is 2.73. The Morgan fingerprint density at radius 1 is 1.17 bits per heavy atom. The first-order valence-corrected chi connectivity index (χ1v) is 6.08. The number of anilines is 1. The Labute approximate surface area is 106 Å². The van der Waals surface area contributed by atoms with Gasteiger partial charge in [-0.3, -0.25) is 14.9 Å². The lowest BCUT2D eigenvalue weighted by Crippen LogP contribution is -2.16. The fourth-order valence-corrected chi connectivity index (χ4v) is 2.33. The molecule has 2 heterocycles. The van der Waals surface area contributed by atoms with Gasteiger partial charge in [-0.15, -0.1) is 0 Å². The average molecular weight is 240 g/mol. The highest BCUT2D eigenvalue weighted by Crippen LogP contribution is 2.25. The molecule has 0 saturated carbocycles. The van der Waals surface area contributed by atoms with E-state index in [0.29, 0.717) is 0 Å². The Morgan fingerprint density at radius 2 is 2.00 bits per heavy atom. The molecule has 4 heteroatoms. The van der Waals surface area contributed by atoms with Crippen molar-refractivity contribution in [3.8, 4) is 0 Å². The van der Waals surface area contributed by atoms with Gasteiger partial charge in [0.1, 0.15) is 0 Å². The molecular weight excluding hydrogens is 224 g/mol. The minimum Gasteiger partial charge on any atom is -0.399 e. The molecule has 0 aliphatic carbocycles. The summed E-state index contributed by atoms with van der Waals surface area (Å²) in [7, 11) is 0. The molecule has 0 amide bonds. The molecule has 1 aliphatic rings. The summed E-state index contributed by atoms with van der Waals surface area (Å²) >= 11 is 0. The highest BCUT2D eigenvalue weighted by Gasteiger charge is 2.19. The van der Waals surface area contributed by atoms with Gasteiger partial charge >= 0.3 is 0 Å². The van der Waals surface area contributed by atoms with Crippen LogP contribution >= 0.6 is 0 Å². The van der Waals surface area contributed by atoms with Crippen LogP contribution in [0.3, 0.4) is 0 Å². The second-order valence-corrected chi connectivity index (χ2v) is 4.82. The van der Waals surface area contributed by atoms with E-state index in [2.05, 4.69) is 27.0 Å². The molecule has 0 fully saturated rings. The maximum Gasteiger partial charge on any atom is 0.0727 e. The molecule has 1 aliphatic heterocycles. The number of aryl methyl sites for hydroxylation is 1. The lowest BCUT2D eigenvalue weighted by molar-refractivity contribution is 0.271. The number of hydrogen-bond donors (Lipinski definition) is 1. The van der Waals surface area contributed by atoms with Crippen molar-refractivity contribution in [2.75, 3.05) is 5.73 Å². The first-order chi connectivity index (χ1) is 8.70. The van der Waals surface area contributed by atoms with Gasteiger partial charge in [0.25, 0.3) is 0 Å². The first kappa shape index (κ1) is 11.2. The normalized spacial score (nSPS) is 14.7. The molecule has 0 atom stereocenters. The molecular formula is C14H16N4. The molecule has 0 radical (unpaired) electrons. The monoisotopic (exact) mass is 240 g/mol. The molecule has 2 N–H and O–H groups in total. The smallest absolute Gasteiger partial charge is 0.0727 e. The van der Waals surface area contributed by atoms with Crippen LogP contribution in [-0.4, -0.2) is 14.9 Å². The van der Waals surface area contributed by atoms with E-state index in [1.807, 2.05) is 25.4 Å². The third kappa shape index (κ3) is 2.19. The summed E-state index contributed by atoms with van der Waals surface area (Å²) in [5.74, 6) is 0. The Kier molecular flexibility index (Phi) is 2.72. The van der Waals surface area contributed by atoms with Gasteiger partial charge in [0, 0.05) is 37.7 Å². The summed E-state index contributed by atoms with van der Waals surface area (Å²) in [5, 5.41) is 0.